The Hall–Kier alpha value is -5.02. The topological polar surface area (TPSA) is 196 Å². The number of rotatable bonds is 8. The number of nitrogens with one attached hydrogen (secondary N) is 2. The van der Waals surface area contributed by atoms with Gasteiger partial charge in [-0.05, 0) is 88.8 Å². The van der Waals surface area contributed by atoms with Crippen LogP contribution in [0.15, 0.2) is 65.1 Å². The molecule has 0 bridgehead atoms. The summed E-state index contributed by atoms with van der Waals surface area (Å²) in [6.45, 7) is 3.93. The highest BCUT2D eigenvalue weighted by molar-refractivity contribution is 7.91. The first kappa shape index (κ1) is 36.9. The van der Waals surface area contributed by atoms with E-state index in [1.807, 2.05) is 74.5 Å². The third-order valence-corrected chi connectivity index (χ3v) is 12.7. The lowest BCUT2D eigenvalue weighted by molar-refractivity contribution is -0.140. The van der Waals surface area contributed by atoms with E-state index in [2.05, 4.69) is 10.0 Å². The van der Waals surface area contributed by atoms with E-state index < -0.39 is 62.6 Å². The van der Waals surface area contributed by atoms with E-state index in [1.54, 1.807) is 0 Å². The van der Waals surface area contributed by atoms with E-state index in [9.17, 15) is 22.8 Å². The Balaban J connectivity index is 1.11. The second kappa shape index (κ2) is 14.6. The highest BCUT2D eigenvalue weighted by Crippen LogP contribution is 2.46. The SMILES string of the molecule is CC(C)Oc1ccc(-c2nc(O[C@@H]3C[C@H]4C(=O)N[C@]5(C(=O)NS(=O)(=O)C6CC6)C[C@H]5/C=C\CCCCC[C@H](N)C(=O)N4C3)c3oc4ccccc4c3n2)cc1. The van der Waals surface area contributed by atoms with Crippen molar-refractivity contribution in [2.75, 3.05) is 6.54 Å². The Morgan fingerprint density at radius 1 is 1.05 bits per heavy atom. The van der Waals surface area contributed by atoms with Gasteiger partial charge in [0.1, 0.15) is 34.5 Å². The fraction of sp³-hybridized carbons (Fsp3) is 0.475. The van der Waals surface area contributed by atoms with Crippen molar-refractivity contribution in [1.82, 2.24) is 24.9 Å². The molecule has 0 unspecified atom stereocenters. The molecule has 3 fully saturated rings. The number of aromatic nitrogens is 2. The summed E-state index contributed by atoms with van der Waals surface area (Å²) < 4.78 is 46.5. The Kier molecular flexibility index (Phi) is 9.78. The Bertz CT molecular complexity index is 2270. The zero-order chi connectivity index (χ0) is 38.5. The first-order chi connectivity index (χ1) is 26.4. The standard InChI is InChI=1S/C40H46N6O8S/c1-23(2)52-26-16-14-24(15-17-26)35-42-33-29-11-8-9-13-32(29)54-34(33)37(43-35)53-27-20-31-36(47)44-40(39(49)45-55(50,51)28-18-19-28)21-25(40)10-6-4-3-5-7-12-30(41)38(48)46(31)22-27/h6,8-11,13-17,23,25,27-28,30-31H,3-5,7,12,18-22,41H2,1-2H3,(H,44,47)(H,45,49)/b10-6-/t25-,27-,30+,31+,40-/m1/s1. The van der Waals surface area contributed by atoms with Gasteiger partial charge in [0.15, 0.2) is 5.82 Å². The summed E-state index contributed by atoms with van der Waals surface area (Å²) in [6, 6.07) is 13.0. The number of furan rings is 1. The molecule has 2 aliphatic heterocycles. The van der Waals surface area contributed by atoms with Gasteiger partial charge in [-0.15, -0.1) is 0 Å². The number of ether oxygens (including phenoxy) is 2. The molecule has 290 valence electrons. The van der Waals surface area contributed by atoms with Crippen LogP contribution in [0.2, 0.25) is 0 Å². The van der Waals surface area contributed by atoms with Crippen LogP contribution in [0.25, 0.3) is 33.5 Å². The predicted octanol–water partition coefficient (Wildman–Crippen LogP) is 4.51. The fourth-order valence-electron chi connectivity index (χ4n) is 7.63. The molecule has 3 amide bonds. The molecule has 4 aliphatic rings. The fourth-order valence-corrected chi connectivity index (χ4v) is 8.99. The number of hydrogen-bond donors (Lipinski definition) is 3. The number of benzene rings is 2. The Morgan fingerprint density at radius 2 is 1.84 bits per heavy atom. The van der Waals surface area contributed by atoms with Crippen molar-refractivity contribution in [3.8, 4) is 23.0 Å². The van der Waals surface area contributed by atoms with Gasteiger partial charge < -0.3 is 29.8 Å². The van der Waals surface area contributed by atoms with Gasteiger partial charge in [-0.3, -0.25) is 19.1 Å². The molecular weight excluding hydrogens is 725 g/mol. The summed E-state index contributed by atoms with van der Waals surface area (Å²) in [5.41, 5.74) is 7.16. The molecule has 5 atom stereocenters. The molecule has 4 aromatic rings. The van der Waals surface area contributed by atoms with Crippen LogP contribution in [0.3, 0.4) is 0 Å². The molecule has 0 radical (unpaired) electrons. The van der Waals surface area contributed by atoms with Crippen LogP contribution in [0.1, 0.15) is 71.6 Å². The van der Waals surface area contributed by atoms with E-state index in [4.69, 9.17) is 29.6 Å². The van der Waals surface area contributed by atoms with Crippen LogP contribution in [-0.2, 0) is 24.4 Å². The average molecular weight is 771 g/mol. The molecule has 4 N–H and O–H groups in total. The van der Waals surface area contributed by atoms with E-state index in [-0.39, 0.29) is 31.4 Å². The molecule has 14 nitrogen and oxygen atoms in total. The molecule has 2 aromatic carbocycles. The van der Waals surface area contributed by atoms with Crippen molar-refractivity contribution in [1.29, 1.82) is 0 Å². The van der Waals surface area contributed by atoms with Gasteiger partial charge in [-0.25, -0.2) is 13.4 Å². The van der Waals surface area contributed by atoms with Crippen LogP contribution >= 0.6 is 0 Å². The summed E-state index contributed by atoms with van der Waals surface area (Å²) in [6.07, 6.45) is 8.06. The number of carbonyl (C=O) groups excluding carboxylic acids is 3. The highest BCUT2D eigenvalue weighted by atomic mass is 32.2. The smallest absolute Gasteiger partial charge is 0.262 e. The summed E-state index contributed by atoms with van der Waals surface area (Å²) in [5, 5.41) is 3.05. The van der Waals surface area contributed by atoms with Crippen LogP contribution < -0.4 is 25.2 Å². The minimum absolute atomic E-state index is 0.00796. The molecule has 15 heteroatoms. The number of hydrogen-bond acceptors (Lipinski definition) is 11. The van der Waals surface area contributed by atoms with Crippen molar-refractivity contribution in [2.45, 2.75) is 107 Å². The monoisotopic (exact) mass is 770 g/mol. The van der Waals surface area contributed by atoms with E-state index in [0.717, 1.165) is 31.1 Å². The maximum absolute atomic E-state index is 14.3. The van der Waals surface area contributed by atoms with Gasteiger partial charge in [0.25, 0.3) is 11.8 Å². The van der Waals surface area contributed by atoms with Gasteiger partial charge in [-0.2, -0.15) is 4.98 Å². The molecule has 4 heterocycles. The number of sulfonamides is 1. The van der Waals surface area contributed by atoms with Gasteiger partial charge in [0, 0.05) is 23.3 Å². The van der Waals surface area contributed by atoms with Gasteiger partial charge in [-0.1, -0.05) is 37.1 Å². The van der Waals surface area contributed by atoms with Gasteiger partial charge in [0.05, 0.1) is 23.9 Å². The first-order valence-electron chi connectivity index (χ1n) is 19.2. The summed E-state index contributed by atoms with van der Waals surface area (Å²) in [5.74, 6) is -0.912. The summed E-state index contributed by atoms with van der Waals surface area (Å²) in [7, 11) is -3.87. The lowest BCUT2D eigenvalue weighted by Gasteiger charge is -2.28. The number of carbonyl (C=O) groups is 3. The van der Waals surface area contributed by atoms with Gasteiger partial charge in [0.2, 0.25) is 27.4 Å². The highest BCUT2D eigenvalue weighted by Gasteiger charge is 2.62. The largest absolute Gasteiger partial charge is 0.491 e. The van der Waals surface area contributed by atoms with Crippen molar-refractivity contribution in [3.05, 3.63) is 60.7 Å². The lowest BCUT2D eigenvalue weighted by Crippen LogP contribution is -2.57. The molecule has 8 rings (SSSR count). The zero-order valence-corrected chi connectivity index (χ0v) is 31.7. The van der Waals surface area contributed by atoms with Crippen molar-refractivity contribution in [3.63, 3.8) is 0 Å². The number of nitrogens with zero attached hydrogens (tertiary/aromatic N) is 3. The minimum Gasteiger partial charge on any atom is -0.491 e. The zero-order valence-electron chi connectivity index (χ0n) is 30.9. The molecule has 1 saturated heterocycles. The molecule has 55 heavy (non-hydrogen) atoms. The predicted molar refractivity (Wildman–Crippen MR) is 204 cm³/mol. The molecule has 2 saturated carbocycles. The normalized spacial score (nSPS) is 26.8. The van der Waals surface area contributed by atoms with Crippen molar-refractivity contribution < 1.29 is 36.7 Å². The maximum Gasteiger partial charge on any atom is 0.262 e. The number of fused-ring (bicyclic) bond motifs is 5. The van der Waals surface area contributed by atoms with Crippen molar-refractivity contribution in [2.24, 2.45) is 11.7 Å². The maximum atomic E-state index is 14.3. The Morgan fingerprint density at radius 3 is 2.60 bits per heavy atom. The number of para-hydroxylation sites is 1. The minimum atomic E-state index is -3.87. The van der Waals surface area contributed by atoms with Crippen LogP contribution in [0.4, 0.5) is 0 Å². The van der Waals surface area contributed by atoms with Crippen LogP contribution in [0.5, 0.6) is 11.6 Å². The van der Waals surface area contributed by atoms with Crippen LogP contribution in [0, 0.1) is 5.92 Å². The van der Waals surface area contributed by atoms with Crippen LogP contribution in [-0.4, -0.2) is 82.6 Å². The molecule has 2 aromatic heterocycles. The molecule has 0 spiro atoms. The first-order valence-corrected chi connectivity index (χ1v) is 20.7. The van der Waals surface area contributed by atoms with Gasteiger partial charge >= 0.3 is 0 Å². The van der Waals surface area contributed by atoms with E-state index in [0.29, 0.717) is 53.1 Å². The Labute approximate surface area is 319 Å². The number of amides is 3. The second-order valence-electron chi connectivity index (χ2n) is 15.4. The van der Waals surface area contributed by atoms with Crippen molar-refractivity contribution >= 4 is 49.8 Å². The second-order valence-corrected chi connectivity index (χ2v) is 17.4. The third kappa shape index (κ3) is 7.51. The number of nitrogens with two attached hydrogens (primary N) is 1. The average Bonchev–Trinajstić information content (AvgIpc) is 4.06. The van der Waals surface area contributed by atoms with E-state index in [1.165, 1.54) is 4.90 Å². The molecule has 2 aliphatic carbocycles. The third-order valence-electron chi connectivity index (χ3n) is 10.8. The van der Waals surface area contributed by atoms with E-state index >= 15 is 0 Å². The number of allylic oxidation sites excluding steroid dienone is 1. The summed E-state index contributed by atoms with van der Waals surface area (Å²) >= 11 is 0. The quantitative estimate of drug-likeness (QED) is 0.213. The summed E-state index contributed by atoms with van der Waals surface area (Å²) in [4.78, 5) is 53.1. The lowest BCUT2D eigenvalue weighted by atomic mass is 10.1. The molecular formula is C40H46N6O8S.